The van der Waals surface area contributed by atoms with E-state index >= 15 is 0 Å². The predicted octanol–water partition coefficient (Wildman–Crippen LogP) is 5.00. The summed E-state index contributed by atoms with van der Waals surface area (Å²) in [6, 6.07) is 15.5. The lowest BCUT2D eigenvalue weighted by Crippen LogP contribution is -1.99. The van der Waals surface area contributed by atoms with Gasteiger partial charge in [-0.15, -0.1) is 11.8 Å². The number of fused-ring (bicyclic) bond motifs is 1. The van der Waals surface area contributed by atoms with Crippen LogP contribution in [0.15, 0.2) is 51.8 Å². The van der Waals surface area contributed by atoms with E-state index in [0.717, 1.165) is 5.75 Å². The SMILES string of the molecule is Cc1ccc(C2CSc3ccc(Br)cc32)cc1. The molecule has 0 radical (unpaired) electrons. The van der Waals surface area contributed by atoms with Crippen LogP contribution in [0.2, 0.25) is 0 Å². The summed E-state index contributed by atoms with van der Waals surface area (Å²) >= 11 is 5.53. The van der Waals surface area contributed by atoms with Crippen molar-refractivity contribution in [3.8, 4) is 0 Å². The third-order valence-electron chi connectivity index (χ3n) is 3.23. The van der Waals surface area contributed by atoms with Crippen molar-refractivity contribution < 1.29 is 0 Å². The summed E-state index contributed by atoms with van der Waals surface area (Å²) < 4.78 is 1.18. The van der Waals surface area contributed by atoms with Gasteiger partial charge in [0.15, 0.2) is 0 Å². The summed E-state index contributed by atoms with van der Waals surface area (Å²) in [5, 5.41) is 0. The maximum absolute atomic E-state index is 3.57. The van der Waals surface area contributed by atoms with E-state index in [9.17, 15) is 0 Å². The van der Waals surface area contributed by atoms with Crippen LogP contribution < -0.4 is 0 Å². The number of benzene rings is 2. The highest BCUT2D eigenvalue weighted by atomic mass is 79.9. The fraction of sp³-hybridized carbons (Fsp3) is 0.200. The van der Waals surface area contributed by atoms with Crippen LogP contribution in [0.4, 0.5) is 0 Å². The number of aryl methyl sites for hydroxylation is 1. The third-order valence-corrected chi connectivity index (χ3v) is 4.91. The second-order valence-electron chi connectivity index (χ2n) is 4.46. The van der Waals surface area contributed by atoms with E-state index in [-0.39, 0.29) is 0 Å². The minimum absolute atomic E-state index is 0.549. The van der Waals surface area contributed by atoms with Gasteiger partial charge in [0.05, 0.1) is 0 Å². The van der Waals surface area contributed by atoms with Gasteiger partial charge in [-0.3, -0.25) is 0 Å². The van der Waals surface area contributed by atoms with Crippen LogP contribution in [0.3, 0.4) is 0 Å². The molecule has 0 amide bonds. The zero-order valence-corrected chi connectivity index (χ0v) is 12.0. The normalized spacial score (nSPS) is 18.1. The third kappa shape index (κ3) is 2.16. The standard InChI is InChI=1S/C15H13BrS/c1-10-2-4-11(5-3-10)14-9-17-15-7-6-12(16)8-13(14)15/h2-8,14H,9H2,1H3. The van der Waals surface area contributed by atoms with Gasteiger partial charge in [-0.1, -0.05) is 45.8 Å². The summed E-state index contributed by atoms with van der Waals surface area (Å²) in [6.45, 7) is 2.14. The molecule has 0 aromatic heterocycles. The number of thioether (sulfide) groups is 1. The first-order chi connectivity index (χ1) is 8.24. The van der Waals surface area contributed by atoms with Crippen LogP contribution in [-0.4, -0.2) is 5.75 Å². The summed E-state index contributed by atoms with van der Waals surface area (Å²) in [4.78, 5) is 1.43. The van der Waals surface area contributed by atoms with Crippen molar-refractivity contribution in [1.29, 1.82) is 0 Å². The first kappa shape index (κ1) is 11.4. The minimum Gasteiger partial charge on any atom is -0.125 e. The Balaban J connectivity index is 2.03. The molecular formula is C15H13BrS. The van der Waals surface area contributed by atoms with Crippen LogP contribution >= 0.6 is 27.7 Å². The highest BCUT2D eigenvalue weighted by Crippen LogP contribution is 2.43. The molecule has 17 heavy (non-hydrogen) atoms. The van der Waals surface area contributed by atoms with Gasteiger partial charge in [-0.2, -0.15) is 0 Å². The highest BCUT2D eigenvalue weighted by molar-refractivity contribution is 9.10. The summed E-state index contributed by atoms with van der Waals surface area (Å²) in [5.41, 5.74) is 4.22. The number of rotatable bonds is 1. The molecular weight excluding hydrogens is 292 g/mol. The lowest BCUT2D eigenvalue weighted by atomic mass is 9.93. The van der Waals surface area contributed by atoms with Gasteiger partial charge in [0.2, 0.25) is 0 Å². The topological polar surface area (TPSA) is 0 Å². The van der Waals surface area contributed by atoms with Crippen LogP contribution in [0.25, 0.3) is 0 Å². The molecule has 0 bridgehead atoms. The Morgan fingerprint density at radius 1 is 1.12 bits per heavy atom. The summed E-state index contributed by atoms with van der Waals surface area (Å²) in [7, 11) is 0. The van der Waals surface area contributed by atoms with E-state index in [0.29, 0.717) is 5.92 Å². The van der Waals surface area contributed by atoms with E-state index < -0.39 is 0 Å². The number of halogens is 1. The maximum atomic E-state index is 3.57. The van der Waals surface area contributed by atoms with Gasteiger partial charge >= 0.3 is 0 Å². The van der Waals surface area contributed by atoms with Crippen LogP contribution in [0.1, 0.15) is 22.6 Å². The fourth-order valence-electron chi connectivity index (χ4n) is 2.26. The molecule has 0 fully saturated rings. The van der Waals surface area contributed by atoms with Gasteiger partial charge < -0.3 is 0 Å². The predicted molar refractivity (Wildman–Crippen MR) is 77.9 cm³/mol. The fourth-order valence-corrected chi connectivity index (χ4v) is 3.89. The van der Waals surface area contributed by atoms with Crippen LogP contribution in [-0.2, 0) is 0 Å². The molecule has 0 saturated heterocycles. The van der Waals surface area contributed by atoms with Gasteiger partial charge in [0, 0.05) is 21.0 Å². The average molecular weight is 305 g/mol. The van der Waals surface area contributed by atoms with Crippen molar-refractivity contribution in [2.75, 3.05) is 5.75 Å². The van der Waals surface area contributed by atoms with Crippen molar-refractivity contribution in [2.24, 2.45) is 0 Å². The molecule has 86 valence electrons. The Hall–Kier alpha value is -0.730. The molecule has 1 heterocycles. The summed E-state index contributed by atoms with van der Waals surface area (Å²) in [6.07, 6.45) is 0. The largest absolute Gasteiger partial charge is 0.125 e. The van der Waals surface area contributed by atoms with Gasteiger partial charge in [-0.25, -0.2) is 0 Å². The van der Waals surface area contributed by atoms with E-state index in [4.69, 9.17) is 0 Å². The van der Waals surface area contributed by atoms with Crippen LogP contribution in [0, 0.1) is 6.92 Å². The molecule has 2 heteroatoms. The highest BCUT2D eigenvalue weighted by Gasteiger charge is 2.24. The van der Waals surface area contributed by atoms with Crippen molar-refractivity contribution in [2.45, 2.75) is 17.7 Å². The lowest BCUT2D eigenvalue weighted by Gasteiger charge is -2.11. The van der Waals surface area contributed by atoms with Crippen molar-refractivity contribution >= 4 is 27.7 Å². The molecule has 0 saturated carbocycles. The van der Waals surface area contributed by atoms with Crippen molar-refractivity contribution in [1.82, 2.24) is 0 Å². The lowest BCUT2D eigenvalue weighted by molar-refractivity contribution is 0.935. The molecule has 1 unspecified atom stereocenters. The molecule has 1 aliphatic rings. The Labute approximate surface area is 115 Å². The van der Waals surface area contributed by atoms with E-state index in [1.165, 1.54) is 26.1 Å². The molecule has 2 aromatic carbocycles. The second kappa shape index (κ2) is 4.51. The van der Waals surface area contributed by atoms with Gasteiger partial charge in [-0.05, 0) is 36.2 Å². The van der Waals surface area contributed by atoms with Crippen molar-refractivity contribution in [3.63, 3.8) is 0 Å². The number of hydrogen-bond acceptors (Lipinski definition) is 1. The van der Waals surface area contributed by atoms with Crippen LogP contribution in [0.5, 0.6) is 0 Å². The zero-order valence-electron chi connectivity index (χ0n) is 9.61. The molecule has 0 spiro atoms. The molecule has 2 aromatic rings. The molecule has 1 aliphatic heterocycles. The Kier molecular flexibility index (Phi) is 3.01. The molecule has 0 N–H and O–H groups in total. The van der Waals surface area contributed by atoms with Gasteiger partial charge in [0.1, 0.15) is 0 Å². The molecule has 1 atom stereocenters. The maximum Gasteiger partial charge on any atom is 0.0195 e. The molecule has 0 nitrogen and oxygen atoms in total. The smallest absolute Gasteiger partial charge is 0.0195 e. The summed E-state index contributed by atoms with van der Waals surface area (Å²) in [5.74, 6) is 1.71. The van der Waals surface area contributed by atoms with E-state index in [1.807, 2.05) is 11.8 Å². The Morgan fingerprint density at radius 3 is 2.65 bits per heavy atom. The quantitative estimate of drug-likeness (QED) is 0.715. The second-order valence-corrected chi connectivity index (χ2v) is 6.43. The van der Waals surface area contributed by atoms with Gasteiger partial charge in [0.25, 0.3) is 0 Å². The van der Waals surface area contributed by atoms with E-state index in [1.54, 1.807) is 0 Å². The molecule has 0 aliphatic carbocycles. The zero-order chi connectivity index (χ0) is 11.8. The first-order valence-corrected chi connectivity index (χ1v) is 7.51. The van der Waals surface area contributed by atoms with Crippen molar-refractivity contribution in [3.05, 3.63) is 63.6 Å². The Morgan fingerprint density at radius 2 is 1.88 bits per heavy atom. The molecule has 3 rings (SSSR count). The monoisotopic (exact) mass is 304 g/mol. The number of hydrogen-bond donors (Lipinski definition) is 0. The minimum atomic E-state index is 0.549. The average Bonchev–Trinajstić information content (AvgIpc) is 2.73. The first-order valence-electron chi connectivity index (χ1n) is 5.73. The Bertz CT molecular complexity index is 545. The van der Waals surface area contributed by atoms with E-state index in [2.05, 4.69) is 65.3 Å².